The standard InChI is InChI=1S/C17H22ClNO7S/c1-4-19(12-5-6-27(22,23)10-12)15(20)9-26-17(21)11-7-13(18)16(25-3)14(8-11)24-2/h7-8,12H,4-6,9-10H2,1-3H3/t12-/m1/s1. The summed E-state index contributed by atoms with van der Waals surface area (Å²) >= 11 is 6.06. The van der Waals surface area contributed by atoms with E-state index in [0.717, 1.165) is 0 Å². The van der Waals surface area contributed by atoms with Crippen molar-refractivity contribution in [3.63, 3.8) is 0 Å². The maximum absolute atomic E-state index is 12.4. The fourth-order valence-corrected chi connectivity index (χ4v) is 5.01. The molecule has 0 aliphatic carbocycles. The van der Waals surface area contributed by atoms with Gasteiger partial charge in [0.2, 0.25) is 0 Å². The SMILES string of the molecule is CCN(C(=O)COC(=O)c1cc(Cl)c(OC)c(OC)c1)[C@@H]1CCS(=O)(=O)C1. The number of nitrogens with zero attached hydrogens (tertiary/aromatic N) is 1. The van der Waals surface area contributed by atoms with Crippen molar-refractivity contribution in [1.29, 1.82) is 0 Å². The summed E-state index contributed by atoms with van der Waals surface area (Å²) in [6.07, 6.45) is 0.390. The zero-order valence-electron chi connectivity index (χ0n) is 15.4. The first kappa shape index (κ1) is 21.3. The van der Waals surface area contributed by atoms with Gasteiger partial charge in [-0.3, -0.25) is 4.79 Å². The Kier molecular flexibility index (Phi) is 6.94. The van der Waals surface area contributed by atoms with E-state index in [1.165, 1.54) is 31.3 Å². The van der Waals surface area contributed by atoms with Crippen LogP contribution in [0.3, 0.4) is 0 Å². The lowest BCUT2D eigenvalue weighted by molar-refractivity contribution is -0.136. The Morgan fingerprint density at radius 3 is 2.48 bits per heavy atom. The maximum Gasteiger partial charge on any atom is 0.338 e. The van der Waals surface area contributed by atoms with Crippen molar-refractivity contribution in [1.82, 2.24) is 4.90 Å². The van der Waals surface area contributed by atoms with Crippen LogP contribution in [-0.4, -0.2) is 70.1 Å². The zero-order chi connectivity index (χ0) is 20.2. The lowest BCUT2D eigenvalue weighted by atomic mass is 10.2. The predicted octanol–water partition coefficient (Wildman–Crippen LogP) is 1.55. The molecule has 0 spiro atoms. The Bertz CT molecular complexity index is 825. The molecule has 10 heteroatoms. The van der Waals surface area contributed by atoms with Crippen molar-refractivity contribution >= 4 is 33.3 Å². The molecule has 0 N–H and O–H groups in total. The topological polar surface area (TPSA) is 99.2 Å². The van der Waals surface area contributed by atoms with Gasteiger partial charge in [0.15, 0.2) is 27.9 Å². The number of halogens is 1. The maximum atomic E-state index is 12.4. The molecule has 2 rings (SSSR count). The molecule has 0 saturated carbocycles. The Hall–Kier alpha value is -2.00. The van der Waals surface area contributed by atoms with Crippen LogP contribution in [0.25, 0.3) is 0 Å². The molecule has 1 aliphatic heterocycles. The van der Waals surface area contributed by atoms with Gasteiger partial charge in [0.1, 0.15) is 0 Å². The van der Waals surface area contributed by atoms with E-state index >= 15 is 0 Å². The van der Waals surface area contributed by atoms with Crippen LogP contribution in [0.4, 0.5) is 0 Å². The number of carbonyl (C=O) groups is 2. The van der Waals surface area contributed by atoms with Crippen molar-refractivity contribution in [2.24, 2.45) is 0 Å². The highest BCUT2D eigenvalue weighted by Crippen LogP contribution is 2.36. The normalized spacial score (nSPS) is 18.0. The minimum atomic E-state index is -3.12. The third-order valence-electron chi connectivity index (χ3n) is 4.31. The van der Waals surface area contributed by atoms with Gasteiger partial charge in [-0.05, 0) is 25.5 Å². The molecular weight excluding hydrogens is 398 g/mol. The highest BCUT2D eigenvalue weighted by atomic mass is 35.5. The highest BCUT2D eigenvalue weighted by molar-refractivity contribution is 7.91. The number of carbonyl (C=O) groups excluding carboxylic acids is 2. The zero-order valence-corrected chi connectivity index (χ0v) is 16.9. The van der Waals surface area contributed by atoms with Gasteiger partial charge < -0.3 is 19.1 Å². The number of sulfone groups is 1. The van der Waals surface area contributed by atoms with Crippen molar-refractivity contribution in [2.45, 2.75) is 19.4 Å². The molecule has 0 aromatic heterocycles. The van der Waals surface area contributed by atoms with Gasteiger partial charge in [-0.15, -0.1) is 0 Å². The second kappa shape index (κ2) is 8.79. The summed E-state index contributed by atoms with van der Waals surface area (Å²) in [5, 5.41) is 0.168. The van der Waals surface area contributed by atoms with Crippen molar-refractivity contribution in [3.05, 3.63) is 22.7 Å². The monoisotopic (exact) mass is 419 g/mol. The lowest BCUT2D eigenvalue weighted by Gasteiger charge is -2.26. The predicted molar refractivity (Wildman–Crippen MR) is 99.3 cm³/mol. The smallest absolute Gasteiger partial charge is 0.338 e. The van der Waals surface area contributed by atoms with Crippen LogP contribution in [-0.2, 0) is 19.4 Å². The third-order valence-corrected chi connectivity index (χ3v) is 6.34. The van der Waals surface area contributed by atoms with E-state index < -0.39 is 28.3 Å². The molecule has 1 saturated heterocycles. The summed E-state index contributed by atoms with van der Waals surface area (Å²) in [6.45, 7) is 1.59. The molecule has 1 fully saturated rings. The van der Waals surface area contributed by atoms with Crippen LogP contribution >= 0.6 is 11.6 Å². The summed E-state index contributed by atoms with van der Waals surface area (Å²) < 4.78 is 38.5. The van der Waals surface area contributed by atoms with Gasteiger partial charge in [-0.25, -0.2) is 13.2 Å². The number of likely N-dealkylation sites (N-methyl/N-ethyl adjacent to an activating group) is 1. The number of rotatable bonds is 7. The lowest BCUT2D eigenvalue weighted by Crippen LogP contribution is -2.43. The van der Waals surface area contributed by atoms with Crippen molar-refractivity contribution in [3.8, 4) is 11.5 Å². The third kappa shape index (κ3) is 5.04. The van der Waals surface area contributed by atoms with Gasteiger partial charge >= 0.3 is 5.97 Å². The molecule has 0 radical (unpaired) electrons. The first-order valence-corrected chi connectivity index (χ1v) is 10.5. The van der Waals surface area contributed by atoms with E-state index in [1.807, 2.05) is 0 Å². The second-order valence-corrected chi connectivity index (χ2v) is 8.64. The molecule has 1 aromatic carbocycles. The molecule has 27 heavy (non-hydrogen) atoms. The number of ether oxygens (including phenoxy) is 3. The molecule has 1 heterocycles. The van der Waals surface area contributed by atoms with Crippen LogP contribution in [0.5, 0.6) is 11.5 Å². The van der Waals surface area contributed by atoms with E-state index in [2.05, 4.69) is 0 Å². The Morgan fingerprint density at radius 1 is 1.26 bits per heavy atom. The molecule has 0 bridgehead atoms. The van der Waals surface area contributed by atoms with Gasteiger partial charge in [-0.1, -0.05) is 11.6 Å². The summed E-state index contributed by atoms with van der Waals surface area (Å²) in [4.78, 5) is 26.1. The summed E-state index contributed by atoms with van der Waals surface area (Å²) in [6, 6.07) is 2.37. The molecular formula is C17H22ClNO7S. The molecule has 0 unspecified atom stereocenters. The number of hydrogen-bond donors (Lipinski definition) is 0. The summed E-state index contributed by atoms with van der Waals surface area (Å²) in [5.74, 6) is -0.654. The van der Waals surface area contributed by atoms with Gasteiger partial charge in [0.25, 0.3) is 5.91 Å². The van der Waals surface area contributed by atoms with Crippen LogP contribution in [0.1, 0.15) is 23.7 Å². The molecule has 1 aliphatic rings. The average Bonchev–Trinajstić information content (AvgIpc) is 2.98. The Balaban J connectivity index is 2.04. The number of methoxy groups -OCH3 is 2. The van der Waals surface area contributed by atoms with E-state index in [0.29, 0.717) is 13.0 Å². The number of esters is 1. The fourth-order valence-electron chi connectivity index (χ4n) is 2.99. The van der Waals surface area contributed by atoms with Crippen LogP contribution in [0, 0.1) is 0 Å². The largest absolute Gasteiger partial charge is 0.493 e. The first-order valence-electron chi connectivity index (χ1n) is 8.31. The molecule has 1 amide bonds. The Labute approximate surface area is 163 Å². The van der Waals surface area contributed by atoms with E-state index in [9.17, 15) is 18.0 Å². The summed E-state index contributed by atoms with van der Waals surface area (Å²) in [5.41, 5.74) is 0.108. The van der Waals surface area contributed by atoms with Crippen molar-refractivity contribution < 1.29 is 32.2 Å². The average molecular weight is 420 g/mol. The summed E-state index contributed by atoms with van der Waals surface area (Å²) in [7, 11) is -0.296. The van der Waals surface area contributed by atoms with E-state index in [-0.39, 0.29) is 39.6 Å². The second-order valence-electron chi connectivity index (χ2n) is 6.01. The van der Waals surface area contributed by atoms with E-state index in [1.54, 1.807) is 6.92 Å². The van der Waals surface area contributed by atoms with E-state index in [4.69, 9.17) is 25.8 Å². The number of hydrogen-bond acceptors (Lipinski definition) is 7. The van der Waals surface area contributed by atoms with Gasteiger partial charge in [0.05, 0.1) is 36.3 Å². The first-order chi connectivity index (χ1) is 12.7. The molecule has 150 valence electrons. The quantitative estimate of drug-likeness (QED) is 0.618. The minimum Gasteiger partial charge on any atom is -0.493 e. The van der Waals surface area contributed by atoms with Gasteiger partial charge in [-0.2, -0.15) is 0 Å². The number of amides is 1. The highest BCUT2D eigenvalue weighted by Gasteiger charge is 2.34. The minimum absolute atomic E-state index is 0.0609. The van der Waals surface area contributed by atoms with Gasteiger partial charge in [0, 0.05) is 12.6 Å². The van der Waals surface area contributed by atoms with Crippen LogP contribution in [0.15, 0.2) is 12.1 Å². The number of benzene rings is 1. The van der Waals surface area contributed by atoms with Crippen molar-refractivity contribution in [2.75, 3.05) is 38.9 Å². The Morgan fingerprint density at radius 2 is 1.96 bits per heavy atom. The van der Waals surface area contributed by atoms with Crippen LogP contribution in [0.2, 0.25) is 5.02 Å². The van der Waals surface area contributed by atoms with Crippen LogP contribution < -0.4 is 9.47 Å². The fraction of sp³-hybridized carbons (Fsp3) is 0.529. The molecule has 1 atom stereocenters. The molecule has 1 aromatic rings. The molecule has 8 nitrogen and oxygen atoms in total.